The van der Waals surface area contributed by atoms with E-state index >= 15 is 0 Å². The van der Waals surface area contributed by atoms with Crippen molar-refractivity contribution < 1.29 is 34.5 Å². The lowest BCUT2D eigenvalue weighted by molar-refractivity contribution is -0.139. The normalized spacial score (nSPS) is 13.5. The van der Waals surface area contributed by atoms with Gasteiger partial charge in [0, 0.05) is 23.5 Å². The molecule has 2 atom stereocenters. The molecule has 150 valence electrons. The van der Waals surface area contributed by atoms with E-state index in [1.54, 1.807) is 0 Å². The molecule has 26 heavy (non-hydrogen) atoms. The Bertz CT molecular complexity index is 513. The van der Waals surface area contributed by atoms with Crippen molar-refractivity contribution in [1.29, 1.82) is 0 Å². The zero-order valence-corrected chi connectivity index (χ0v) is 15.7. The number of nitrogens with two attached hydrogens (primary N) is 1. The molecule has 0 bridgehead atoms. The fraction of sp³-hybridized carbons (Fsp3) is 0.733. The lowest BCUT2D eigenvalue weighted by atomic mass is 10.1. The first-order valence-electron chi connectivity index (χ1n) is 8.00. The van der Waals surface area contributed by atoms with E-state index in [0.29, 0.717) is 6.42 Å². The summed E-state index contributed by atoms with van der Waals surface area (Å²) in [6.07, 6.45) is 0.206. The van der Waals surface area contributed by atoms with E-state index in [0.717, 1.165) is 0 Å². The predicted molar refractivity (Wildman–Crippen MR) is 95.7 cm³/mol. The number of aliphatic hydroxyl groups excluding tert-OH is 1. The molecule has 0 rings (SSSR count). The number of carbonyl (C=O) groups excluding carboxylic acids is 2. The lowest BCUT2D eigenvalue weighted by Crippen LogP contribution is -2.50. The Balaban J connectivity index is 4.80. The standard InChI is InChI=1S/C15H27N3O7S/c1-15(2,5-6-19)26-8-10(13(23)17-7-12(21)22)18-11(20)4-3-9(16)14(24)25/h9-10,19H,3-8,16H2,1-2H3,(H,17,23)(H,18,20)(H,21,22)(H,24,25). The molecule has 11 heteroatoms. The molecule has 2 unspecified atom stereocenters. The summed E-state index contributed by atoms with van der Waals surface area (Å²) < 4.78 is -0.351. The molecule has 7 N–H and O–H groups in total. The molecule has 0 saturated heterocycles. The summed E-state index contributed by atoms with van der Waals surface area (Å²) >= 11 is 1.34. The number of carboxylic acids is 2. The van der Waals surface area contributed by atoms with Crippen LogP contribution in [0, 0.1) is 0 Å². The zero-order valence-electron chi connectivity index (χ0n) is 14.9. The number of thioether (sulfide) groups is 1. The molecule has 0 aliphatic heterocycles. The number of carboxylic acid groups (broad SMARTS) is 2. The minimum atomic E-state index is -1.23. The number of rotatable bonds is 13. The Kier molecular flexibility index (Phi) is 10.9. The van der Waals surface area contributed by atoms with Gasteiger partial charge in [0.2, 0.25) is 11.8 Å². The van der Waals surface area contributed by atoms with Crippen LogP contribution in [0.3, 0.4) is 0 Å². The van der Waals surface area contributed by atoms with Crippen molar-refractivity contribution in [3.8, 4) is 0 Å². The molecule has 0 aliphatic rings. The number of hydrogen-bond donors (Lipinski definition) is 6. The van der Waals surface area contributed by atoms with Gasteiger partial charge in [-0.05, 0) is 12.8 Å². The molecule has 0 saturated carbocycles. The van der Waals surface area contributed by atoms with Gasteiger partial charge >= 0.3 is 11.9 Å². The van der Waals surface area contributed by atoms with Crippen LogP contribution in [0.25, 0.3) is 0 Å². The van der Waals surface area contributed by atoms with Crippen LogP contribution in [0.2, 0.25) is 0 Å². The third kappa shape index (κ3) is 10.9. The summed E-state index contributed by atoms with van der Waals surface area (Å²) in [6, 6.07) is -2.18. The van der Waals surface area contributed by atoms with Crippen molar-refractivity contribution in [2.24, 2.45) is 5.73 Å². The van der Waals surface area contributed by atoms with Crippen molar-refractivity contribution in [3.05, 3.63) is 0 Å². The van der Waals surface area contributed by atoms with E-state index in [-0.39, 0.29) is 29.9 Å². The fourth-order valence-corrected chi connectivity index (χ4v) is 2.88. The molecular formula is C15H27N3O7S. The van der Waals surface area contributed by atoms with Crippen LogP contribution in [0.4, 0.5) is 0 Å². The number of hydrogen-bond acceptors (Lipinski definition) is 7. The highest BCUT2D eigenvalue weighted by molar-refractivity contribution is 8.00. The summed E-state index contributed by atoms with van der Waals surface area (Å²) in [5.41, 5.74) is 5.33. The van der Waals surface area contributed by atoms with E-state index in [4.69, 9.17) is 21.1 Å². The fourth-order valence-electron chi connectivity index (χ4n) is 1.80. The number of aliphatic hydroxyl groups is 1. The van der Waals surface area contributed by atoms with Gasteiger partial charge in [0.05, 0.1) is 0 Å². The van der Waals surface area contributed by atoms with Gasteiger partial charge in [-0.15, -0.1) is 0 Å². The highest BCUT2D eigenvalue weighted by Gasteiger charge is 2.26. The molecule has 0 aromatic carbocycles. The largest absolute Gasteiger partial charge is 0.480 e. The van der Waals surface area contributed by atoms with Crippen molar-refractivity contribution in [2.75, 3.05) is 18.9 Å². The summed E-state index contributed by atoms with van der Waals surface area (Å²) in [7, 11) is 0. The topological polar surface area (TPSA) is 179 Å². The number of carbonyl (C=O) groups is 4. The Labute approximate surface area is 155 Å². The van der Waals surface area contributed by atoms with Crippen LogP contribution < -0.4 is 16.4 Å². The second kappa shape index (κ2) is 11.7. The predicted octanol–water partition coefficient (Wildman–Crippen LogP) is -1.24. The second-order valence-corrected chi connectivity index (χ2v) is 7.99. The molecule has 0 aromatic rings. The quantitative estimate of drug-likeness (QED) is 0.223. The first kappa shape index (κ1) is 24.1. The third-order valence-electron chi connectivity index (χ3n) is 3.42. The smallest absolute Gasteiger partial charge is 0.322 e. The molecule has 2 amide bonds. The van der Waals surface area contributed by atoms with Crippen LogP contribution in [0.5, 0.6) is 0 Å². The molecule has 10 nitrogen and oxygen atoms in total. The van der Waals surface area contributed by atoms with Crippen molar-refractivity contribution in [2.45, 2.75) is 49.9 Å². The molecule has 0 spiro atoms. The van der Waals surface area contributed by atoms with Crippen molar-refractivity contribution in [1.82, 2.24) is 10.6 Å². The summed E-state index contributed by atoms with van der Waals surface area (Å²) in [5, 5.41) is 31.1. The second-order valence-electron chi connectivity index (χ2n) is 6.26. The maximum absolute atomic E-state index is 12.1. The number of amides is 2. The average Bonchev–Trinajstić information content (AvgIpc) is 2.53. The number of nitrogens with one attached hydrogen (secondary N) is 2. The third-order valence-corrected chi connectivity index (χ3v) is 4.91. The van der Waals surface area contributed by atoms with Gasteiger partial charge in [-0.2, -0.15) is 11.8 Å². The van der Waals surface area contributed by atoms with Crippen molar-refractivity contribution in [3.63, 3.8) is 0 Å². The van der Waals surface area contributed by atoms with Gasteiger partial charge in [-0.3, -0.25) is 19.2 Å². The van der Waals surface area contributed by atoms with Gasteiger partial charge < -0.3 is 31.7 Å². The van der Waals surface area contributed by atoms with Crippen LogP contribution >= 0.6 is 11.8 Å². The summed E-state index contributed by atoms with van der Waals surface area (Å²) in [4.78, 5) is 45.4. The monoisotopic (exact) mass is 393 g/mol. The SMILES string of the molecule is CC(C)(CCO)SCC(NC(=O)CCC(N)C(=O)O)C(=O)NCC(=O)O. The lowest BCUT2D eigenvalue weighted by Gasteiger charge is -2.26. The van der Waals surface area contributed by atoms with Gasteiger partial charge in [0.25, 0.3) is 0 Å². The molecule has 0 aromatic heterocycles. The van der Waals surface area contributed by atoms with Crippen LogP contribution in [0.1, 0.15) is 33.1 Å². The first-order valence-corrected chi connectivity index (χ1v) is 8.99. The molecule has 0 radical (unpaired) electrons. The molecule has 0 aliphatic carbocycles. The first-order chi connectivity index (χ1) is 12.0. The van der Waals surface area contributed by atoms with Crippen LogP contribution in [-0.4, -0.2) is 74.8 Å². The highest BCUT2D eigenvalue weighted by atomic mass is 32.2. The summed E-state index contributed by atoms with van der Waals surface area (Å²) in [5.74, 6) is -3.50. The van der Waals surface area contributed by atoms with E-state index < -0.39 is 42.4 Å². The minimum absolute atomic E-state index is 0.0324. The van der Waals surface area contributed by atoms with Gasteiger partial charge in [0.1, 0.15) is 18.6 Å². The maximum atomic E-state index is 12.1. The minimum Gasteiger partial charge on any atom is -0.480 e. The van der Waals surface area contributed by atoms with E-state index in [1.807, 2.05) is 13.8 Å². The van der Waals surface area contributed by atoms with Gasteiger partial charge in [-0.1, -0.05) is 13.8 Å². The van der Waals surface area contributed by atoms with Gasteiger partial charge in [0.15, 0.2) is 0 Å². The van der Waals surface area contributed by atoms with Crippen LogP contribution in [0.15, 0.2) is 0 Å². The van der Waals surface area contributed by atoms with E-state index in [1.165, 1.54) is 11.8 Å². The average molecular weight is 393 g/mol. The molecule has 0 fully saturated rings. The molecule has 0 heterocycles. The Hall–Kier alpha value is -1.85. The Morgan fingerprint density at radius 3 is 2.31 bits per heavy atom. The zero-order chi connectivity index (χ0) is 20.3. The van der Waals surface area contributed by atoms with E-state index in [9.17, 15) is 19.2 Å². The van der Waals surface area contributed by atoms with Crippen molar-refractivity contribution >= 4 is 35.5 Å². The Morgan fingerprint density at radius 2 is 1.81 bits per heavy atom. The maximum Gasteiger partial charge on any atom is 0.322 e. The summed E-state index contributed by atoms with van der Waals surface area (Å²) in [6.45, 7) is 3.12. The molecular weight excluding hydrogens is 366 g/mol. The Morgan fingerprint density at radius 1 is 1.19 bits per heavy atom. The van der Waals surface area contributed by atoms with E-state index in [2.05, 4.69) is 10.6 Å². The van der Waals surface area contributed by atoms with Crippen LogP contribution in [-0.2, 0) is 19.2 Å². The highest BCUT2D eigenvalue weighted by Crippen LogP contribution is 2.28. The number of aliphatic carboxylic acids is 2. The van der Waals surface area contributed by atoms with Gasteiger partial charge in [-0.25, -0.2) is 0 Å².